The standard InChI is InChI=1S/C22H24N4O2/c1-4-6-21(28)23-22-19-13-16(7-5-12-26(2)3)18(14-20(19)24-25-22)15-8-10-17(27)11-9-15/h8-11,13-14,27H,4,6,12H2,1-3H3,(H2,23,24,25,28). The maximum Gasteiger partial charge on any atom is 0.225 e. The van der Waals surface area contributed by atoms with Crippen LogP contribution in [0.5, 0.6) is 5.75 Å². The van der Waals surface area contributed by atoms with Gasteiger partial charge in [0.25, 0.3) is 0 Å². The summed E-state index contributed by atoms with van der Waals surface area (Å²) < 4.78 is 0. The van der Waals surface area contributed by atoms with Crippen LogP contribution in [0.2, 0.25) is 0 Å². The Morgan fingerprint density at radius 2 is 2.00 bits per heavy atom. The summed E-state index contributed by atoms with van der Waals surface area (Å²) in [5, 5.41) is 20.5. The number of nitrogens with one attached hydrogen (secondary N) is 2. The Morgan fingerprint density at radius 3 is 2.68 bits per heavy atom. The number of fused-ring (bicyclic) bond motifs is 1. The van der Waals surface area contributed by atoms with Gasteiger partial charge >= 0.3 is 0 Å². The van der Waals surface area contributed by atoms with E-state index in [4.69, 9.17) is 0 Å². The van der Waals surface area contributed by atoms with Gasteiger partial charge in [0, 0.05) is 17.4 Å². The molecule has 6 heteroatoms. The zero-order chi connectivity index (χ0) is 20.1. The lowest BCUT2D eigenvalue weighted by molar-refractivity contribution is -0.116. The van der Waals surface area contributed by atoms with Gasteiger partial charge in [-0.2, -0.15) is 5.10 Å². The molecule has 144 valence electrons. The number of rotatable bonds is 5. The molecule has 6 nitrogen and oxygen atoms in total. The summed E-state index contributed by atoms with van der Waals surface area (Å²) in [5.74, 6) is 7.08. The zero-order valence-electron chi connectivity index (χ0n) is 16.3. The molecule has 1 heterocycles. The van der Waals surface area contributed by atoms with Crippen molar-refractivity contribution in [1.82, 2.24) is 15.1 Å². The van der Waals surface area contributed by atoms with Gasteiger partial charge < -0.3 is 10.4 Å². The first-order valence-corrected chi connectivity index (χ1v) is 9.23. The Kier molecular flexibility index (Phi) is 5.97. The highest BCUT2D eigenvalue weighted by molar-refractivity contribution is 6.01. The Hall–Kier alpha value is -3.30. The molecule has 1 aromatic heterocycles. The molecule has 0 bridgehead atoms. The van der Waals surface area contributed by atoms with Gasteiger partial charge in [-0.15, -0.1) is 0 Å². The quantitative estimate of drug-likeness (QED) is 0.595. The van der Waals surface area contributed by atoms with Crippen LogP contribution in [0.25, 0.3) is 22.0 Å². The number of aromatic amines is 1. The van der Waals surface area contributed by atoms with Crippen LogP contribution < -0.4 is 5.32 Å². The second kappa shape index (κ2) is 8.59. The number of phenolic OH excluding ortho intramolecular Hbond substituents is 1. The van der Waals surface area contributed by atoms with Crippen LogP contribution in [0.1, 0.15) is 25.3 Å². The summed E-state index contributed by atoms with van der Waals surface area (Å²) in [6, 6.07) is 10.9. The van der Waals surface area contributed by atoms with Crippen molar-refractivity contribution in [3.05, 3.63) is 42.0 Å². The van der Waals surface area contributed by atoms with Crippen LogP contribution in [0.4, 0.5) is 5.82 Å². The van der Waals surface area contributed by atoms with E-state index in [-0.39, 0.29) is 11.7 Å². The first kappa shape index (κ1) is 19.5. The normalized spacial score (nSPS) is 10.7. The molecule has 0 radical (unpaired) electrons. The Morgan fingerprint density at radius 1 is 1.25 bits per heavy atom. The summed E-state index contributed by atoms with van der Waals surface area (Å²) in [7, 11) is 3.94. The van der Waals surface area contributed by atoms with Crippen LogP contribution in [0.3, 0.4) is 0 Å². The van der Waals surface area contributed by atoms with Crippen molar-refractivity contribution >= 4 is 22.6 Å². The maximum atomic E-state index is 12.0. The van der Waals surface area contributed by atoms with Gasteiger partial charge in [0.2, 0.25) is 5.91 Å². The second-order valence-electron chi connectivity index (χ2n) is 6.90. The lowest BCUT2D eigenvalue weighted by Gasteiger charge is -2.08. The van der Waals surface area contributed by atoms with Crippen LogP contribution in [0, 0.1) is 11.8 Å². The first-order valence-electron chi connectivity index (χ1n) is 9.23. The molecular formula is C22H24N4O2. The molecule has 28 heavy (non-hydrogen) atoms. The number of benzene rings is 2. The van der Waals surface area contributed by atoms with Crippen molar-refractivity contribution in [1.29, 1.82) is 0 Å². The SMILES string of the molecule is CCCC(=O)Nc1n[nH]c2cc(-c3ccc(O)cc3)c(C#CCN(C)C)cc12. The number of carbonyl (C=O) groups excluding carboxylic acids is 1. The molecule has 0 atom stereocenters. The predicted molar refractivity (Wildman–Crippen MR) is 112 cm³/mol. The number of nitrogens with zero attached hydrogens (tertiary/aromatic N) is 2. The molecule has 3 aromatic rings. The highest BCUT2D eigenvalue weighted by Gasteiger charge is 2.13. The number of phenols is 1. The van der Waals surface area contributed by atoms with E-state index in [9.17, 15) is 9.90 Å². The highest BCUT2D eigenvalue weighted by atomic mass is 16.3. The molecule has 0 saturated heterocycles. The minimum atomic E-state index is -0.0567. The minimum Gasteiger partial charge on any atom is -0.508 e. The second-order valence-corrected chi connectivity index (χ2v) is 6.90. The fourth-order valence-corrected chi connectivity index (χ4v) is 2.86. The summed E-state index contributed by atoms with van der Waals surface area (Å²) in [6.45, 7) is 2.60. The van der Waals surface area contributed by atoms with Gasteiger partial charge in [0.15, 0.2) is 5.82 Å². The van der Waals surface area contributed by atoms with E-state index in [2.05, 4.69) is 27.4 Å². The first-order chi connectivity index (χ1) is 13.5. The Bertz CT molecular complexity index is 1040. The third-order valence-corrected chi connectivity index (χ3v) is 4.23. The van der Waals surface area contributed by atoms with Crippen molar-refractivity contribution in [3.8, 4) is 28.7 Å². The molecule has 0 aliphatic carbocycles. The summed E-state index contributed by atoms with van der Waals surface area (Å²) in [6.07, 6.45) is 1.23. The lowest BCUT2D eigenvalue weighted by atomic mass is 9.98. The molecule has 3 rings (SSSR count). The van der Waals surface area contributed by atoms with Crippen molar-refractivity contribution in [2.75, 3.05) is 26.0 Å². The summed E-state index contributed by atoms with van der Waals surface area (Å²) in [4.78, 5) is 14.0. The van der Waals surface area contributed by atoms with Crippen molar-refractivity contribution in [2.24, 2.45) is 0 Å². The fraction of sp³-hybridized carbons (Fsp3) is 0.273. The van der Waals surface area contributed by atoms with E-state index in [0.717, 1.165) is 34.0 Å². The summed E-state index contributed by atoms with van der Waals surface area (Å²) in [5.41, 5.74) is 3.54. The van der Waals surface area contributed by atoms with Crippen LogP contribution in [-0.4, -0.2) is 46.8 Å². The largest absolute Gasteiger partial charge is 0.508 e. The van der Waals surface area contributed by atoms with Crippen molar-refractivity contribution in [2.45, 2.75) is 19.8 Å². The van der Waals surface area contributed by atoms with Crippen LogP contribution in [0.15, 0.2) is 36.4 Å². The third kappa shape index (κ3) is 4.51. The average Bonchev–Trinajstić information content (AvgIpc) is 3.03. The molecule has 0 fully saturated rings. The number of hydrogen-bond acceptors (Lipinski definition) is 4. The van der Waals surface area contributed by atoms with E-state index in [1.165, 1.54) is 0 Å². The van der Waals surface area contributed by atoms with Gasteiger partial charge in [-0.05, 0) is 55.9 Å². The van der Waals surface area contributed by atoms with Gasteiger partial charge in [-0.1, -0.05) is 30.9 Å². The molecule has 2 aromatic carbocycles. The predicted octanol–water partition coefficient (Wildman–Crippen LogP) is 3.59. The monoisotopic (exact) mass is 376 g/mol. The Labute approximate surface area is 164 Å². The van der Waals surface area contributed by atoms with Gasteiger partial charge in [-0.3, -0.25) is 14.8 Å². The van der Waals surface area contributed by atoms with Gasteiger partial charge in [-0.25, -0.2) is 0 Å². The molecule has 3 N–H and O–H groups in total. The minimum absolute atomic E-state index is 0.0567. The van der Waals surface area contributed by atoms with E-state index >= 15 is 0 Å². The number of amides is 1. The van der Waals surface area contributed by atoms with E-state index < -0.39 is 0 Å². The molecule has 1 amide bonds. The average molecular weight is 376 g/mol. The lowest BCUT2D eigenvalue weighted by Crippen LogP contribution is -2.11. The van der Waals surface area contributed by atoms with Crippen molar-refractivity contribution < 1.29 is 9.90 Å². The van der Waals surface area contributed by atoms with Crippen molar-refractivity contribution in [3.63, 3.8) is 0 Å². The molecule has 0 unspecified atom stereocenters. The number of anilines is 1. The molecule has 0 spiro atoms. The molecular weight excluding hydrogens is 352 g/mol. The molecule has 0 aliphatic heterocycles. The maximum absolute atomic E-state index is 12.0. The molecule has 0 aliphatic rings. The zero-order valence-corrected chi connectivity index (χ0v) is 16.3. The third-order valence-electron chi connectivity index (χ3n) is 4.23. The van der Waals surface area contributed by atoms with Crippen LogP contribution >= 0.6 is 0 Å². The van der Waals surface area contributed by atoms with Gasteiger partial charge in [0.05, 0.1) is 12.1 Å². The topological polar surface area (TPSA) is 81.2 Å². The number of aromatic nitrogens is 2. The van der Waals surface area contributed by atoms with Gasteiger partial charge in [0.1, 0.15) is 5.75 Å². The highest BCUT2D eigenvalue weighted by Crippen LogP contribution is 2.31. The smallest absolute Gasteiger partial charge is 0.225 e. The number of carbonyl (C=O) groups is 1. The Balaban J connectivity index is 2.09. The fourth-order valence-electron chi connectivity index (χ4n) is 2.86. The van der Waals surface area contributed by atoms with E-state index in [0.29, 0.717) is 18.8 Å². The number of hydrogen-bond donors (Lipinski definition) is 3. The number of H-pyrrole nitrogens is 1. The number of aromatic hydroxyl groups is 1. The van der Waals surface area contributed by atoms with E-state index in [1.807, 2.05) is 50.2 Å². The van der Waals surface area contributed by atoms with E-state index in [1.54, 1.807) is 12.1 Å². The summed E-state index contributed by atoms with van der Waals surface area (Å²) >= 11 is 0. The van der Waals surface area contributed by atoms with Crippen LogP contribution in [-0.2, 0) is 4.79 Å². The molecule has 0 saturated carbocycles.